The molecule has 20 heavy (non-hydrogen) atoms. The van der Waals surface area contributed by atoms with Crippen LogP contribution < -0.4 is 0 Å². The maximum atomic E-state index is 10.5. The number of nitro benzene ring substituents is 1. The van der Waals surface area contributed by atoms with Crippen LogP contribution in [0.4, 0.5) is 5.69 Å². The minimum atomic E-state index is -0.391. The Balaban J connectivity index is 1.89. The summed E-state index contributed by atoms with van der Waals surface area (Å²) in [6, 6.07) is 6.51. The van der Waals surface area contributed by atoms with E-state index in [4.69, 9.17) is 0 Å². The molecule has 0 bridgehead atoms. The van der Waals surface area contributed by atoms with Crippen LogP contribution in [0, 0.1) is 10.1 Å². The second-order valence-corrected chi connectivity index (χ2v) is 5.48. The number of hydrogen-bond acceptors (Lipinski definition) is 3. The van der Waals surface area contributed by atoms with E-state index in [9.17, 15) is 10.1 Å². The standard InChI is InChI=1S/C15H16N2O2Se/c18-17(19)14-9-7-13(8-10-14)5-1-2-6-15(20)16-11-3-4-12-16/h1-2,5-10H,3-4,11-12H2/b5-1+,6-2+. The molecule has 1 aliphatic rings. The van der Waals surface area contributed by atoms with Crippen molar-refractivity contribution in [1.29, 1.82) is 0 Å². The zero-order valence-corrected chi connectivity index (χ0v) is 12.8. The van der Waals surface area contributed by atoms with Gasteiger partial charge in [-0.1, -0.05) is 0 Å². The van der Waals surface area contributed by atoms with Crippen LogP contribution in [0.5, 0.6) is 0 Å². The first-order valence-electron chi connectivity index (χ1n) is 6.55. The van der Waals surface area contributed by atoms with Crippen LogP contribution >= 0.6 is 0 Å². The molecule has 0 unspecified atom stereocenters. The zero-order valence-electron chi connectivity index (χ0n) is 11.1. The van der Waals surface area contributed by atoms with Crippen molar-refractivity contribution in [3.63, 3.8) is 0 Å². The fourth-order valence-corrected chi connectivity index (χ4v) is 2.60. The Kier molecular flexibility index (Phi) is 5.27. The van der Waals surface area contributed by atoms with Crippen LogP contribution in [0.15, 0.2) is 42.5 Å². The quantitative estimate of drug-likeness (QED) is 0.360. The summed E-state index contributed by atoms with van der Waals surface area (Å²) in [7, 11) is 0. The van der Waals surface area contributed by atoms with E-state index in [1.807, 2.05) is 24.3 Å². The SMILES string of the molecule is O=[N+]([O-])c1ccc(/C=C/C=C/C(=[Se])N2CCCC2)cc1. The van der Waals surface area contributed by atoms with Gasteiger partial charge in [0.2, 0.25) is 0 Å². The molecule has 5 heteroatoms. The van der Waals surface area contributed by atoms with Gasteiger partial charge in [0.05, 0.1) is 0 Å². The third-order valence-electron chi connectivity index (χ3n) is 3.16. The van der Waals surface area contributed by atoms with Gasteiger partial charge in [0, 0.05) is 0 Å². The number of likely N-dealkylation sites (tertiary alicyclic amines) is 1. The van der Waals surface area contributed by atoms with Crippen molar-refractivity contribution < 1.29 is 4.92 Å². The van der Waals surface area contributed by atoms with Gasteiger partial charge in [-0.15, -0.1) is 0 Å². The Labute approximate surface area is 126 Å². The molecule has 1 saturated heterocycles. The van der Waals surface area contributed by atoms with Gasteiger partial charge in [-0.3, -0.25) is 0 Å². The van der Waals surface area contributed by atoms with E-state index in [0.29, 0.717) is 0 Å². The number of benzene rings is 1. The Morgan fingerprint density at radius 2 is 1.85 bits per heavy atom. The third-order valence-corrected chi connectivity index (χ3v) is 3.99. The van der Waals surface area contributed by atoms with Crippen molar-refractivity contribution in [2.45, 2.75) is 12.8 Å². The Morgan fingerprint density at radius 1 is 1.20 bits per heavy atom. The normalized spacial score (nSPS) is 15.3. The Morgan fingerprint density at radius 3 is 2.45 bits per heavy atom. The van der Waals surface area contributed by atoms with E-state index >= 15 is 0 Å². The van der Waals surface area contributed by atoms with Crippen LogP contribution in [0.25, 0.3) is 6.08 Å². The topological polar surface area (TPSA) is 46.4 Å². The van der Waals surface area contributed by atoms with Gasteiger partial charge < -0.3 is 0 Å². The average molecular weight is 335 g/mol. The third kappa shape index (κ3) is 4.15. The van der Waals surface area contributed by atoms with Gasteiger partial charge >= 0.3 is 126 Å². The first-order valence-corrected chi connectivity index (χ1v) is 7.40. The van der Waals surface area contributed by atoms with Crippen molar-refractivity contribution in [3.05, 3.63) is 58.2 Å². The molecular weight excluding hydrogens is 319 g/mol. The summed E-state index contributed by atoms with van der Waals surface area (Å²) in [5.74, 6) is 0. The minimum absolute atomic E-state index is 0.116. The predicted molar refractivity (Wildman–Crippen MR) is 82.8 cm³/mol. The zero-order chi connectivity index (χ0) is 14.4. The van der Waals surface area contributed by atoms with Crippen LogP contribution in [0.3, 0.4) is 0 Å². The van der Waals surface area contributed by atoms with Crippen LogP contribution in [-0.2, 0) is 0 Å². The van der Waals surface area contributed by atoms with Crippen LogP contribution in [-0.4, -0.2) is 43.0 Å². The van der Waals surface area contributed by atoms with E-state index in [1.165, 1.54) is 25.0 Å². The van der Waals surface area contributed by atoms with Gasteiger partial charge in [0.1, 0.15) is 0 Å². The van der Waals surface area contributed by atoms with E-state index in [2.05, 4.69) is 20.5 Å². The summed E-state index contributed by atoms with van der Waals surface area (Å²) in [6.45, 7) is 2.25. The van der Waals surface area contributed by atoms with Crippen molar-refractivity contribution >= 4 is 31.9 Å². The number of hydrogen-bond donors (Lipinski definition) is 0. The Hall–Kier alpha value is -1.71. The molecule has 2 rings (SSSR count). The van der Waals surface area contributed by atoms with Crippen molar-refractivity contribution in [1.82, 2.24) is 4.90 Å². The summed E-state index contributed by atoms with van der Waals surface area (Å²) in [4.78, 5) is 12.5. The van der Waals surface area contributed by atoms with Crippen molar-refractivity contribution in [2.24, 2.45) is 0 Å². The fraction of sp³-hybridized carbons (Fsp3) is 0.267. The van der Waals surface area contributed by atoms with Gasteiger partial charge in [-0.2, -0.15) is 0 Å². The van der Waals surface area contributed by atoms with Crippen LogP contribution in [0.2, 0.25) is 0 Å². The van der Waals surface area contributed by atoms with Gasteiger partial charge in [-0.05, 0) is 0 Å². The average Bonchev–Trinajstić information content (AvgIpc) is 2.98. The molecule has 0 radical (unpaired) electrons. The summed E-state index contributed by atoms with van der Waals surface area (Å²) in [5.41, 5.74) is 1.06. The molecule has 0 N–H and O–H groups in total. The fourth-order valence-electron chi connectivity index (χ4n) is 2.05. The first kappa shape index (κ1) is 14.7. The molecule has 0 saturated carbocycles. The summed E-state index contributed by atoms with van der Waals surface area (Å²) in [5, 5.41) is 10.5. The van der Waals surface area contributed by atoms with E-state index in [-0.39, 0.29) is 5.69 Å². The number of non-ortho nitro benzene ring substituents is 1. The molecule has 0 atom stereocenters. The molecule has 0 aromatic heterocycles. The second-order valence-electron chi connectivity index (χ2n) is 4.60. The van der Waals surface area contributed by atoms with Crippen molar-refractivity contribution in [3.8, 4) is 0 Å². The molecule has 0 aliphatic carbocycles. The number of nitro groups is 1. The summed E-state index contributed by atoms with van der Waals surface area (Å²) in [6.07, 6.45) is 10.4. The molecule has 1 heterocycles. The summed E-state index contributed by atoms with van der Waals surface area (Å²) < 4.78 is 1.16. The number of rotatable bonds is 5. The van der Waals surface area contributed by atoms with E-state index in [0.717, 1.165) is 23.2 Å². The molecular formula is C15H16N2O2Se. The number of allylic oxidation sites excluding steroid dienone is 2. The molecule has 104 valence electrons. The molecule has 1 aromatic rings. The molecule has 1 aromatic carbocycles. The summed E-state index contributed by atoms with van der Waals surface area (Å²) >= 11 is 3.08. The molecule has 0 amide bonds. The van der Waals surface area contributed by atoms with Gasteiger partial charge in [0.15, 0.2) is 0 Å². The molecule has 1 aliphatic heterocycles. The van der Waals surface area contributed by atoms with Crippen LogP contribution in [0.1, 0.15) is 18.4 Å². The monoisotopic (exact) mass is 336 g/mol. The maximum absolute atomic E-state index is 10.5. The van der Waals surface area contributed by atoms with E-state index < -0.39 is 4.92 Å². The predicted octanol–water partition coefficient (Wildman–Crippen LogP) is 2.56. The first-order chi connectivity index (χ1) is 9.66. The molecule has 1 fully saturated rings. The second kappa shape index (κ2) is 7.17. The Bertz CT molecular complexity index is 543. The number of nitrogens with zero attached hydrogens (tertiary/aromatic N) is 2. The van der Waals surface area contributed by atoms with E-state index in [1.54, 1.807) is 12.1 Å². The van der Waals surface area contributed by atoms with Gasteiger partial charge in [-0.25, -0.2) is 0 Å². The molecule has 4 nitrogen and oxygen atoms in total. The van der Waals surface area contributed by atoms with Crippen molar-refractivity contribution in [2.75, 3.05) is 13.1 Å². The van der Waals surface area contributed by atoms with Gasteiger partial charge in [0.25, 0.3) is 0 Å². The molecule has 0 spiro atoms.